The lowest BCUT2D eigenvalue weighted by Crippen LogP contribution is -2.27. The van der Waals surface area contributed by atoms with Crippen LogP contribution in [0.4, 0.5) is 5.69 Å². The highest BCUT2D eigenvalue weighted by molar-refractivity contribution is 7.09. The zero-order chi connectivity index (χ0) is 15.4. The van der Waals surface area contributed by atoms with Gasteiger partial charge in [0, 0.05) is 17.6 Å². The van der Waals surface area contributed by atoms with Gasteiger partial charge in [-0.3, -0.25) is 4.79 Å². The first kappa shape index (κ1) is 15.1. The summed E-state index contributed by atoms with van der Waals surface area (Å²) in [6.07, 6.45) is 1.70. The van der Waals surface area contributed by atoms with Crippen molar-refractivity contribution in [2.45, 2.75) is 13.0 Å². The first-order chi connectivity index (χ1) is 10.1. The van der Waals surface area contributed by atoms with Crippen molar-refractivity contribution in [3.05, 3.63) is 34.3 Å². The smallest absolute Gasteiger partial charge is 0.254 e. The average Bonchev–Trinajstić information content (AvgIpc) is 3.01. The van der Waals surface area contributed by atoms with Crippen LogP contribution >= 0.6 is 11.3 Å². The van der Waals surface area contributed by atoms with E-state index in [1.165, 1.54) is 25.6 Å². The molecule has 0 aliphatic carbocycles. The molecule has 7 heteroatoms. The molecule has 1 amide bonds. The van der Waals surface area contributed by atoms with Crippen molar-refractivity contribution in [3.8, 4) is 11.5 Å². The van der Waals surface area contributed by atoms with Crippen molar-refractivity contribution >= 4 is 22.9 Å². The van der Waals surface area contributed by atoms with Gasteiger partial charge < -0.3 is 20.5 Å². The normalized spacial score (nSPS) is 11.8. The summed E-state index contributed by atoms with van der Waals surface area (Å²) in [6.45, 7) is 1.87. The number of nitrogens with one attached hydrogen (secondary N) is 1. The Balaban J connectivity index is 2.26. The summed E-state index contributed by atoms with van der Waals surface area (Å²) in [6, 6.07) is 3.02. The Hall–Kier alpha value is -2.28. The summed E-state index contributed by atoms with van der Waals surface area (Å²) in [5.74, 6) is 0.613. The molecule has 3 N–H and O–H groups in total. The maximum Gasteiger partial charge on any atom is 0.254 e. The van der Waals surface area contributed by atoms with Crippen LogP contribution in [0.1, 0.15) is 28.3 Å². The molecule has 1 atom stereocenters. The van der Waals surface area contributed by atoms with Gasteiger partial charge >= 0.3 is 0 Å². The topological polar surface area (TPSA) is 86.5 Å². The molecule has 1 aromatic carbocycles. The number of rotatable bonds is 5. The van der Waals surface area contributed by atoms with Gasteiger partial charge in [-0.2, -0.15) is 0 Å². The molecule has 6 nitrogen and oxygen atoms in total. The van der Waals surface area contributed by atoms with Crippen LogP contribution in [0.15, 0.2) is 23.7 Å². The minimum absolute atomic E-state index is 0.200. The first-order valence-electron chi connectivity index (χ1n) is 6.28. The number of thiazole rings is 1. The highest BCUT2D eigenvalue weighted by Crippen LogP contribution is 2.31. The summed E-state index contributed by atoms with van der Waals surface area (Å²) >= 11 is 1.48. The van der Waals surface area contributed by atoms with Gasteiger partial charge in [-0.1, -0.05) is 0 Å². The minimum atomic E-state index is -0.299. The highest BCUT2D eigenvalue weighted by atomic mass is 32.1. The number of carbonyl (C=O) groups is 1. The van der Waals surface area contributed by atoms with Gasteiger partial charge in [-0.05, 0) is 13.0 Å². The number of nitrogens with zero attached hydrogens (tertiary/aromatic N) is 1. The van der Waals surface area contributed by atoms with Crippen LogP contribution in [0.2, 0.25) is 0 Å². The molecule has 1 heterocycles. The van der Waals surface area contributed by atoms with Gasteiger partial charge in [-0.25, -0.2) is 4.98 Å². The lowest BCUT2D eigenvalue weighted by atomic mass is 10.1. The third-order valence-corrected chi connectivity index (χ3v) is 3.94. The van der Waals surface area contributed by atoms with Gasteiger partial charge in [0.1, 0.15) is 16.5 Å². The van der Waals surface area contributed by atoms with Gasteiger partial charge in [0.15, 0.2) is 0 Å². The molecule has 0 bridgehead atoms. The second-order valence-corrected chi connectivity index (χ2v) is 5.28. The van der Waals surface area contributed by atoms with E-state index < -0.39 is 0 Å². The molecule has 0 saturated carbocycles. The number of methoxy groups -OCH3 is 2. The second kappa shape index (κ2) is 6.45. The van der Waals surface area contributed by atoms with Crippen molar-refractivity contribution in [1.82, 2.24) is 10.3 Å². The zero-order valence-corrected chi connectivity index (χ0v) is 12.9. The number of ether oxygens (including phenoxy) is 2. The Bertz CT molecular complexity index is 629. The molecule has 112 valence electrons. The quantitative estimate of drug-likeness (QED) is 0.827. The Morgan fingerprint density at radius 2 is 2.14 bits per heavy atom. The van der Waals surface area contributed by atoms with Crippen LogP contribution in [-0.2, 0) is 0 Å². The summed E-state index contributed by atoms with van der Waals surface area (Å²) in [4.78, 5) is 16.6. The number of amides is 1. The molecule has 21 heavy (non-hydrogen) atoms. The fourth-order valence-corrected chi connectivity index (χ4v) is 2.51. The number of anilines is 1. The van der Waals surface area contributed by atoms with Crippen molar-refractivity contribution in [2.24, 2.45) is 0 Å². The summed E-state index contributed by atoms with van der Waals surface area (Å²) in [5, 5.41) is 5.55. The number of nitrogen functional groups attached to an aromatic ring is 1. The average molecular weight is 307 g/mol. The third kappa shape index (κ3) is 3.25. The lowest BCUT2D eigenvalue weighted by Gasteiger charge is -2.15. The van der Waals surface area contributed by atoms with Gasteiger partial charge in [0.05, 0.1) is 31.5 Å². The molecule has 2 rings (SSSR count). The predicted molar refractivity (Wildman–Crippen MR) is 82.0 cm³/mol. The molecule has 0 aliphatic heterocycles. The number of carbonyl (C=O) groups excluding carboxylic acids is 1. The third-order valence-electron chi connectivity index (χ3n) is 2.99. The molecule has 0 fully saturated rings. The Morgan fingerprint density at radius 3 is 2.71 bits per heavy atom. The van der Waals surface area contributed by atoms with Crippen LogP contribution < -0.4 is 20.5 Å². The Morgan fingerprint density at radius 1 is 1.38 bits per heavy atom. The number of aromatic nitrogens is 1. The van der Waals surface area contributed by atoms with Crippen LogP contribution in [0, 0.1) is 0 Å². The highest BCUT2D eigenvalue weighted by Gasteiger charge is 2.19. The van der Waals surface area contributed by atoms with E-state index in [4.69, 9.17) is 15.2 Å². The molecule has 1 aromatic heterocycles. The fourth-order valence-electron chi connectivity index (χ4n) is 1.86. The van der Waals surface area contributed by atoms with E-state index in [0.29, 0.717) is 17.1 Å². The number of benzene rings is 1. The standard InChI is InChI=1S/C14H17N3O3S/c1-8(14-16-4-5-21-14)17-13(18)10-6-9(19-2)7-11(20-3)12(10)15/h4-8H,15H2,1-3H3,(H,17,18). The number of nitrogens with two attached hydrogens (primary N) is 1. The largest absolute Gasteiger partial charge is 0.497 e. The van der Waals surface area contributed by atoms with E-state index in [0.717, 1.165) is 5.01 Å². The van der Waals surface area contributed by atoms with Crippen molar-refractivity contribution < 1.29 is 14.3 Å². The van der Waals surface area contributed by atoms with Crippen LogP contribution in [0.5, 0.6) is 11.5 Å². The van der Waals surface area contributed by atoms with E-state index >= 15 is 0 Å². The number of hydrogen-bond donors (Lipinski definition) is 2. The van der Waals surface area contributed by atoms with Gasteiger partial charge in [0.2, 0.25) is 0 Å². The van der Waals surface area contributed by atoms with Crippen LogP contribution in [-0.4, -0.2) is 25.1 Å². The maximum absolute atomic E-state index is 12.4. The molecule has 1 unspecified atom stereocenters. The lowest BCUT2D eigenvalue weighted by molar-refractivity contribution is 0.0940. The molecule has 0 radical (unpaired) electrons. The molecule has 2 aromatic rings. The van der Waals surface area contributed by atoms with Crippen molar-refractivity contribution in [2.75, 3.05) is 20.0 Å². The monoisotopic (exact) mass is 307 g/mol. The van der Waals surface area contributed by atoms with E-state index in [2.05, 4.69) is 10.3 Å². The van der Waals surface area contributed by atoms with E-state index in [-0.39, 0.29) is 17.6 Å². The predicted octanol–water partition coefficient (Wildman–Crippen LogP) is 2.23. The first-order valence-corrected chi connectivity index (χ1v) is 7.16. The summed E-state index contributed by atoms with van der Waals surface area (Å²) in [7, 11) is 3.01. The van der Waals surface area contributed by atoms with E-state index in [1.807, 2.05) is 12.3 Å². The Labute approximate surface area is 126 Å². The van der Waals surface area contributed by atoms with Crippen LogP contribution in [0.25, 0.3) is 0 Å². The maximum atomic E-state index is 12.4. The van der Waals surface area contributed by atoms with E-state index in [1.54, 1.807) is 18.3 Å². The SMILES string of the molecule is COc1cc(OC)c(N)c(C(=O)NC(C)c2nccs2)c1. The second-order valence-electron chi connectivity index (χ2n) is 4.36. The summed E-state index contributed by atoms with van der Waals surface area (Å²) in [5.41, 5.74) is 6.55. The van der Waals surface area contributed by atoms with Gasteiger partial charge in [0.25, 0.3) is 5.91 Å². The Kier molecular flexibility index (Phi) is 4.64. The minimum Gasteiger partial charge on any atom is -0.497 e. The van der Waals surface area contributed by atoms with Crippen LogP contribution in [0.3, 0.4) is 0 Å². The molecule has 0 aliphatic rings. The fraction of sp³-hybridized carbons (Fsp3) is 0.286. The molecule has 0 spiro atoms. The van der Waals surface area contributed by atoms with Crippen molar-refractivity contribution in [3.63, 3.8) is 0 Å². The summed E-state index contributed by atoms with van der Waals surface area (Å²) < 4.78 is 10.3. The van der Waals surface area contributed by atoms with Gasteiger partial charge in [-0.15, -0.1) is 11.3 Å². The zero-order valence-electron chi connectivity index (χ0n) is 12.0. The molecule has 0 saturated heterocycles. The van der Waals surface area contributed by atoms with Crippen molar-refractivity contribution in [1.29, 1.82) is 0 Å². The molecular formula is C14H17N3O3S. The molecular weight excluding hydrogens is 290 g/mol. The van der Waals surface area contributed by atoms with E-state index in [9.17, 15) is 4.79 Å². The number of hydrogen-bond acceptors (Lipinski definition) is 6.